The van der Waals surface area contributed by atoms with Gasteiger partial charge in [-0.05, 0) is 38.4 Å². The molecule has 0 bridgehead atoms. The molecule has 108 valence electrons. The SMILES string of the molecule is COc1cc(C(C)C)ccc1CN(C)C(C)(C)CN. The Labute approximate surface area is 117 Å². The first-order valence-electron chi connectivity index (χ1n) is 6.90. The van der Waals surface area contributed by atoms with E-state index in [-0.39, 0.29) is 5.54 Å². The molecule has 0 saturated carbocycles. The Balaban J connectivity index is 2.95. The van der Waals surface area contributed by atoms with Gasteiger partial charge in [-0.2, -0.15) is 0 Å². The summed E-state index contributed by atoms with van der Waals surface area (Å²) in [6, 6.07) is 6.49. The van der Waals surface area contributed by atoms with Crippen molar-refractivity contribution in [2.75, 3.05) is 20.7 Å². The van der Waals surface area contributed by atoms with Gasteiger partial charge in [0, 0.05) is 24.2 Å². The Bertz CT molecular complexity index is 413. The lowest BCUT2D eigenvalue weighted by Crippen LogP contribution is -2.46. The highest BCUT2D eigenvalue weighted by Gasteiger charge is 2.22. The minimum absolute atomic E-state index is 0.0122. The van der Waals surface area contributed by atoms with Crippen molar-refractivity contribution < 1.29 is 4.74 Å². The van der Waals surface area contributed by atoms with E-state index in [4.69, 9.17) is 10.5 Å². The van der Waals surface area contributed by atoms with Gasteiger partial charge in [0.25, 0.3) is 0 Å². The van der Waals surface area contributed by atoms with Crippen LogP contribution in [0.4, 0.5) is 0 Å². The first-order valence-corrected chi connectivity index (χ1v) is 6.90. The number of ether oxygens (including phenoxy) is 1. The second kappa shape index (κ2) is 6.40. The Morgan fingerprint density at radius 1 is 1.32 bits per heavy atom. The fraction of sp³-hybridized carbons (Fsp3) is 0.625. The zero-order chi connectivity index (χ0) is 14.6. The maximum atomic E-state index is 5.82. The molecule has 0 aliphatic heterocycles. The van der Waals surface area contributed by atoms with Crippen LogP contribution in [0.2, 0.25) is 0 Å². The summed E-state index contributed by atoms with van der Waals surface area (Å²) in [7, 11) is 3.83. The van der Waals surface area contributed by atoms with E-state index in [1.54, 1.807) is 7.11 Å². The third-order valence-electron chi connectivity index (χ3n) is 3.92. The van der Waals surface area contributed by atoms with Gasteiger partial charge in [-0.1, -0.05) is 26.0 Å². The van der Waals surface area contributed by atoms with Crippen molar-refractivity contribution >= 4 is 0 Å². The normalized spacial score (nSPS) is 12.3. The van der Waals surface area contributed by atoms with Gasteiger partial charge in [-0.25, -0.2) is 0 Å². The van der Waals surface area contributed by atoms with E-state index in [1.807, 2.05) is 0 Å². The van der Waals surface area contributed by atoms with Crippen LogP contribution in [0, 0.1) is 0 Å². The minimum Gasteiger partial charge on any atom is -0.496 e. The third-order valence-corrected chi connectivity index (χ3v) is 3.92. The maximum Gasteiger partial charge on any atom is 0.123 e. The van der Waals surface area contributed by atoms with Crippen LogP contribution in [0.25, 0.3) is 0 Å². The van der Waals surface area contributed by atoms with E-state index in [0.717, 1.165) is 12.3 Å². The number of nitrogens with two attached hydrogens (primary N) is 1. The molecule has 0 heterocycles. The molecule has 3 heteroatoms. The molecule has 0 unspecified atom stereocenters. The number of nitrogens with zero attached hydrogens (tertiary/aromatic N) is 1. The quantitative estimate of drug-likeness (QED) is 0.858. The lowest BCUT2D eigenvalue weighted by atomic mass is 9.99. The summed E-state index contributed by atoms with van der Waals surface area (Å²) in [4.78, 5) is 2.26. The molecule has 1 aromatic rings. The van der Waals surface area contributed by atoms with Crippen molar-refractivity contribution in [3.8, 4) is 5.75 Å². The molecule has 1 rings (SSSR count). The molecule has 0 amide bonds. The summed E-state index contributed by atoms with van der Waals surface area (Å²) < 4.78 is 5.53. The highest BCUT2D eigenvalue weighted by atomic mass is 16.5. The van der Waals surface area contributed by atoms with Crippen LogP contribution in [-0.4, -0.2) is 31.1 Å². The smallest absolute Gasteiger partial charge is 0.123 e. The summed E-state index contributed by atoms with van der Waals surface area (Å²) in [6.07, 6.45) is 0. The molecule has 0 fully saturated rings. The predicted octanol–water partition coefficient (Wildman–Crippen LogP) is 2.99. The van der Waals surface area contributed by atoms with Gasteiger partial charge in [-0.15, -0.1) is 0 Å². The molecule has 0 spiro atoms. The summed E-state index contributed by atoms with van der Waals surface area (Å²) in [5, 5.41) is 0. The second-order valence-electron chi connectivity index (χ2n) is 6.10. The van der Waals surface area contributed by atoms with Gasteiger partial charge in [0.05, 0.1) is 7.11 Å². The van der Waals surface area contributed by atoms with E-state index in [9.17, 15) is 0 Å². The van der Waals surface area contributed by atoms with Crippen LogP contribution in [0.1, 0.15) is 44.7 Å². The number of methoxy groups -OCH3 is 1. The van der Waals surface area contributed by atoms with Crippen LogP contribution in [-0.2, 0) is 6.54 Å². The zero-order valence-corrected chi connectivity index (χ0v) is 13.2. The molecule has 19 heavy (non-hydrogen) atoms. The van der Waals surface area contributed by atoms with Crippen molar-refractivity contribution in [1.82, 2.24) is 4.90 Å². The third kappa shape index (κ3) is 3.95. The van der Waals surface area contributed by atoms with Crippen molar-refractivity contribution in [2.24, 2.45) is 5.73 Å². The first-order chi connectivity index (χ1) is 8.81. The minimum atomic E-state index is -0.0122. The van der Waals surface area contributed by atoms with Gasteiger partial charge in [0.15, 0.2) is 0 Å². The van der Waals surface area contributed by atoms with Gasteiger partial charge in [-0.3, -0.25) is 4.90 Å². The van der Waals surface area contributed by atoms with E-state index >= 15 is 0 Å². The van der Waals surface area contributed by atoms with Crippen molar-refractivity contribution in [3.63, 3.8) is 0 Å². The Kier molecular flexibility index (Phi) is 5.39. The predicted molar refractivity (Wildman–Crippen MR) is 81.7 cm³/mol. The summed E-state index contributed by atoms with van der Waals surface area (Å²) >= 11 is 0. The molecule has 3 nitrogen and oxygen atoms in total. The lowest BCUT2D eigenvalue weighted by Gasteiger charge is -2.34. The van der Waals surface area contributed by atoms with E-state index in [0.29, 0.717) is 12.5 Å². The summed E-state index contributed by atoms with van der Waals surface area (Å²) in [5.41, 5.74) is 8.32. The van der Waals surface area contributed by atoms with Crippen LogP contribution < -0.4 is 10.5 Å². The molecule has 0 aliphatic rings. The van der Waals surface area contributed by atoms with Gasteiger partial charge in [0.2, 0.25) is 0 Å². The number of rotatable bonds is 6. The van der Waals surface area contributed by atoms with Crippen LogP contribution in [0.15, 0.2) is 18.2 Å². The summed E-state index contributed by atoms with van der Waals surface area (Å²) in [6.45, 7) is 10.2. The topological polar surface area (TPSA) is 38.5 Å². The summed E-state index contributed by atoms with van der Waals surface area (Å²) in [5.74, 6) is 1.48. The average molecular weight is 264 g/mol. The molecular formula is C16H28N2O. The highest BCUT2D eigenvalue weighted by Crippen LogP contribution is 2.27. The van der Waals surface area contributed by atoms with E-state index < -0.39 is 0 Å². The Morgan fingerprint density at radius 2 is 1.95 bits per heavy atom. The standard InChI is InChI=1S/C16H28N2O/c1-12(2)13-7-8-14(15(9-13)19-6)10-18(5)16(3,4)11-17/h7-9,12H,10-11,17H2,1-6H3. The fourth-order valence-electron chi connectivity index (χ4n) is 1.88. The van der Waals surface area contributed by atoms with E-state index in [1.165, 1.54) is 11.1 Å². The number of hydrogen-bond donors (Lipinski definition) is 1. The molecule has 0 radical (unpaired) electrons. The van der Waals surface area contributed by atoms with Crippen LogP contribution in [0.3, 0.4) is 0 Å². The molecule has 0 aliphatic carbocycles. The van der Waals surface area contributed by atoms with Gasteiger partial charge in [0.1, 0.15) is 5.75 Å². The van der Waals surface area contributed by atoms with Crippen molar-refractivity contribution in [1.29, 1.82) is 0 Å². The Hall–Kier alpha value is -1.06. The van der Waals surface area contributed by atoms with Crippen LogP contribution in [0.5, 0.6) is 5.75 Å². The molecule has 0 aromatic heterocycles. The Morgan fingerprint density at radius 3 is 2.42 bits per heavy atom. The number of likely N-dealkylation sites (N-methyl/N-ethyl adjacent to an activating group) is 1. The van der Waals surface area contributed by atoms with Crippen molar-refractivity contribution in [3.05, 3.63) is 29.3 Å². The fourth-order valence-corrected chi connectivity index (χ4v) is 1.88. The van der Waals surface area contributed by atoms with E-state index in [2.05, 4.69) is 57.8 Å². The molecule has 0 saturated heterocycles. The molecule has 2 N–H and O–H groups in total. The maximum absolute atomic E-state index is 5.82. The van der Waals surface area contributed by atoms with Crippen LogP contribution >= 0.6 is 0 Å². The number of hydrogen-bond acceptors (Lipinski definition) is 3. The average Bonchev–Trinajstić information content (AvgIpc) is 2.38. The van der Waals surface area contributed by atoms with Gasteiger partial charge < -0.3 is 10.5 Å². The first kappa shape index (κ1) is 16.0. The molecule has 0 atom stereocenters. The largest absolute Gasteiger partial charge is 0.496 e. The lowest BCUT2D eigenvalue weighted by molar-refractivity contribution is 0.154. The highest BCUT2D eigenvalue weighted by molar-refractivity contribution is 5.38. The van der Waals surface area contributed by atoms with Gasteiger partial charge >= 0.3 is 0 Å². The zero-order valence-electron chi connectivity index (χ0n) is 13.2. The number of benzene rings is 1. The molecule has 1 aromatic carbocycles. The second-order valence-corrected chi connectivity index (χ2v) is 6.10. The molecular weight excluding hydrogens is 236 g/mol. The monoisotopic (exact) mass is 264 g/mol. The van der Waals surface area contributed by atoms with Crippen molar-refractivity contribution in [2.45, 2.75) is 45.7 Å².